The fourth-order valence-corrected chi connectivity index (χ4v) is 4.27. The molecule has 1 N–H and O–H groups in total. The molecule has 5 heteroatoms. The predicted molar refractivity (Wildman–Crippen MR) is 104 cm³/mol. The van der Waals surface area contributed by atoms with Crippen molar-refractivity contribution in [3.8, 4) is 0 Å². The third-order valence-electron chi connectivity index (χ3n) is 6.19. The summed E-state index contributed by atoms with van der Waals surface area (Å²) in [4.78, 5) is 9.68. The van der Waals surface area contributed by atoms with E-state index in [1.807, 2.05) is 20.3 Å². The largest absolute Gasteiger partial charge is 0.395 e. The highest BCUT2D eigenvalue weighted by Crippen LogP contribution is 2.58. The van der Waals surface area contributed by atoms with Gasteiger partial charge < -0.3 is 19.7 Å². The van der Waals surface area contributed by atoms with Gasteiger partial charge in [0.15, 0.2) is 0 Å². The van der Waals surface area contributed by atoms with Crippen LogP contribution in [0.4, 0.5) is 0 Å². The van der Waals surface area contributed by atoms with Gasteiger partial charge in [-0.3, -0.25) is 0 Å². The molecule has 0 spiro atoms. The molecule has 5 nitrogen and oxygen atoms in total. The van der Waals surface area contributed by atoms with E-state index in [2.05, 4.69) is 42.1 Å². The van der Waals surface area contributed by atoms with Crippen LogP contribution >= 0.6 is 0 Å². The van der Waals surface area contributed by atoms with Crippen LogP contribution < -0.4 is 0 Å². The summed E-state index contributed by atoms with van der Waals surface area (Å²) in [5.74, 6) is 0.306. The van der Waals surface area contributed by atoms with Crippen LogP contribution in [0.15, 0.2) is 16.8 Å². The van der Waals surface area contributed by atoms with Crippen molar-refractivity contribution in [3.05, 3.63) is 11.6 Å². The fraction of sp³-hybridized carbons (Fsp3) is 0.850. The lowest BCUT2D eigenvalue weighted by molar-refractivity contribution is -0.0758. The topological polar surface area (TPSA) is 48.3 Å². The molecule has 2 saturated carbocycles. The van der Waals surface area contributed by atoms with Crippen molar-refractivity contribution in [2.24, 2.45) is 16.5 Å². The molecule has 2 aliphatic rings. The highest BCUT2D eigenvalue weighted by atomic mass is 16.6. The smallest absolute Gasteiger partial charge is 0.129 e. The van der Waals surface area contributed by atoms with Gasteiger partial charge in [0.2, 0.25) is 0 Å². The zero-order valence-electron chi connectivity index (χ0n) is 16.8. The van der Waals surface area contributed by atoms with E-state index in [-0.39, 0.29) is 5.41 Å². The molecule has 0 aromatic rings. The van der Waals surface area contributed by atoms with E-state index in [1.165, 1.54) is 5.57 Å². The van der Waals surface area contributed by atoms with Gasteiger partial charge in [-0.05, 0) is 66.7 Å². The summed E-state index contributed by atoms with van der Waals surface area (Å²) >= 11 is 0. The minimum absolute atomic E-state index is 0.0830. The zero-order valence-corrected chi connectivity index (χ0v) is 16.8. The fourth-order valence-electron chi connectivity index (χ4n) is 4.27. The van der Waals surface area contributed by atoms with Crippen molar-refractivity contribution in [1.29, 1.82) is 0 Å². The molecule has 0 heterocycles. The molecule has 0 saturated heterocycles. The summed E-state index contributed by atoms with van der Waals surface area (Å²) in [6, 6.07) is 0. The molecular weight excluding hydrogens is 314 g/mol. The number of nitrogens with zero attached hydrogens (tertiary/aromatic N) is 3. The van der Waals surface area contributed by atoms with Crippen molar-refractivity contribution >= 4 is 6.21 Å². The number of fused-ring (bicyclic) bond motifs is 1. The van der Waals surface area contributed by atoms with Gasteiger partial charge in [-0.15, -0.1) is 0 Å². The Labute approximate surface area is 153 Å². The number of likely N-dealkylation sites (N-methyl/N-ethyl adjacent to an activating group) is 1. The Bertz CT molecular complexity index is 489. The average Bonchev–Trinajstić information content (AvgIpc) is 2.78. The highest BCUT2D eigenvalue weighted by Gasteiger charge is 2.57. The maximum Gasteiger partial charge on any atom is 0.129 e. The first-order chi connectivity index (χ1) is 11.8. The van der Waals surface area contributed by atoms with Crippen LogP contribution in [0.25, 0.3) is 0 Å². The lowest BCUT2D eigenvalue weighted by atomic mass is 9.61. The Morgan fingerprint density at radius 3 is 2.60 bits per heavy atom. The Kier molecular flexibility index (Phi) is 7.06. The van der Waals surface area contributed by atoms with Crippen LogP contribution in [0, 0.1) is 11.3 Å². The molecule has 2 rings (SSSR count). The van der Waals surface area contributed by atoms with Crippen LogP contribution in [0.5, 0.6) is 0 Å². The maximum atomic E-state index is 11.3. The SMILES string of the molecule is CN(C)CCC=C1CC[C@]2(C)[C@@H](C=NOCCN(C)C)CC[C@]2(O)C1. The first-order valence-corrected chi connectivity index (χ1v) is 9.62. The summed E-state index contributed by atoms with van der Waals surface area (Å²) in [5, 5.41) is 15.5. The summed E-state index contributed by atoms with van der Waals surface area (Å²) in [6.45, 7) is 4.78. The normalized spacial score (nSPS) is 34.4. The molecule has 0 aromatic carbocycles. The van der Waals surface area contributed by atoms with Crippen LogP contribution in [-0.2, 0) is 4.84 Å². The Morgan fingerprint density at radius 1 is 1.20 bits per heavy atom. The Morgan fingerprint density at radius 2 is 1.92 bits per heavy atom. The minimum atomic E-state index is -0.588. The second kappa shape index (κ2) is 8.65. The van der Waals surface area contributed by atoms with Crippen molar-refractivity contribution in [1.82, 2.24) is 9.80 Å². The molecule has 0 unspecified atom stereocenters. The molecule has 2 aliphatic carbocycles. The third-order valence-corrected chi connectivity index (χ3v) is 6.19. The lowest BCUT2D eigenvalue weighted by Gasteiger charge is -2.47. The number of aliphatic hydroxyl groups is 1. The van der Waals surface area contributed by atoms with Gasteiger partial charge in [0, 0.05) is 30.6 Å². The van der Waals surface area contributed by atoms with E-state index in [0.717, 1.165) is 51.6 Å². The molecule has 0 amide bonds. The van der Waals surface area contributed by atoms with Gasteiger partial charge in [-0.25, -0.2) is 0 Å². The van der Waals surface area contributed by atoms with Gasteiger partial charge >= 0.3 is 0 Å². The van der Waals surface area contributed by atoms with Gasteiger partial charge in [0.25, 0.3) is 0 Å². The summed E-state index contributed by atoms with van der Waals surface area (Å²) in [6.07, 6.45) is 10.2. The second-order valence-electron chi connectivity index (χ2n) is 8.62. The molecule has 0 radical (unpaired) electrons. The Hall–Kier alpha value is -0.910. The molecule has 0 aromatic heterocycles. The highest BCUT2D eigenvalue weighted by molar-refractivity contribution is 5.63. The predicted octanol–water partition coefficient (Wildman–Crippen LogP) is 2.76. The standard InChI is InChI=1S/C20H37N3O2/c1-19-10-8-17(7-6-12-22(2)3)15-20(19,24)11-9-18(19)16-21-25-14-13-23(4)5/h7,16,18,24H,6,8-15H2,1-5H3/t18-,19-,20+/m1/s1. The average molecular weight is 352 g/mol. The van der Waals surface area contributed by atoms with Gasteiger partial charge in [-0.1, -0.05) is 23.7 Å². The molecule has 3 atom stereocenters. The summed E-state index contributed by atoms with van der Waals surface area (Å²) < 4.78 is 0. The number of rotatable bonds is 8. The van der Waals surface area contributed by atoms with E-state index in [1.54, 1.807) is 0 Å². The monoisotopic (exact) mass is 351 g/mol. The van der Waals surface area contributed by atoms with Gasteiger partial charge in [0.05, 0.1) is 5.60 Å². The lowest BCUT2D eigenvalue weighted by Crippen LogP contribution is -2.48. The first-order valence-electron chi connectivity index (χ1n) is 9.62. The van der Waals surface area contributed by atoms with Gasteiger partial charge in [-0.2, -0.15) is 0 Å². The number of oxime groups is 1. The molecule has 2 fully saturated rings. The number of hydrogen-bond donors (Lipinski definition) is 1. The van der Waals surface area contributed by atoms with Crippen molar-refractivity contribution in [2.75, 3.05) is 47.9 Å². The summed E-state index contributed by atoms with van der Waals surface area (Å²) in [5.41, 5.74) is 0.761. The van der Waals surface area contributed by atoms with E-state index in [4.69, 9.17) is 4.84 Å². The van der Waals surface area contributed by atoms with E-state index in [0.29, 0.717) is 12.5 Å². The van der Waals surface area contributed by atoms with Crippen LogP contribution in [0.2, 0.25) is 0 Å². The quantitative estimate of drug-likeness (QED) is 0.316. The molecule has 25 heavy (non-hydrogen) atoms. The van der Waals surface area contributed by atoms with E-state index in [9.17, 15) is 5.11 Å². The van der Waals surface area contributed by atoms with Crippen LogP contribution in [0.1, 0.15) is 45.4 Å². The Balaban J connectivity index is 1.92. The summed E-state index contributed by atoms with van der Waals surface area (Å²) in [7, 11) is 8.25. The molecule has 144 valence electrons. The first kappa shape index (κ1) is 20.4. The molecule has 0 aliphatic heterocycles. The third kappa shape index (κ3) is 5.05. The minimum Gasteiger partial charge on any atom is -0.395 e. The second-order valence-corrected chi connectivity index (χ2v) is 8.62. The van der Waals surface area contributed by atoms with Crippen molar-refractivity contribution in [2.45, 2.75) is 51.0 Å². The van der Waals surface area contributed by atoms with Crippen LogP contribution in [0.3, 0.4) is 0 Å². The maximum absolute atomic E-state index is 11.3. The van der Waals surface area contributed by atoms with Gasteiger partial charge in [0.1, 0.15) is 6.61 Å². The molecular formula is C20H37N3O2. The van der Waals surface area contributed by atoms with Crippen molar-refractivity contribution in [3.63, 3.8) is 0 Å². The van der Waals surface area contributed by atoms with Crippen LogP contribution in [-0.4, -0.2) is 74.6 Å². The van der Waals surface area contributed by atoms with E-state index >= 15 is 0 Å². The van der Waals surface area contributed by atoms with E-state index < -0.39 is 5.60 Å². The van der Waals surface area contributed by atoms with Crippen molar-refractivity contribution < 1.29 is 9.94 Å². The zero-order chi connectivity index (χ0) is 18.5. The molecule has 0 bridgehead atoms. The number of hydrogen-bond acceptors (Lipinski definition) is 5.